The van der Waals surface area contributed by atoms with Crippen LogP contribution in [0.2, 0.25) is 0 Å². The van der Waals surface area contributed by atoms with E-state index in [2.05, 4.69) is 35.7 Å². The van der Waals surface area contributed by atoms with Crippen molar-refractivity contribution in [3.63, 3.8) is 0 Å². The Kier molecular flexibility index (Phi) is 5.11. The molecule has 3 atom stereocenters. The Morgan fingerprint density at radius 3 is 2.71 bits per heavy atom. The number of piperidine rings is 1. The van der Waals surface area contributed by atoms with Crippen molar-refractivity contribution in [2.24, 2.45) is 11.8 Å². The van der Waals surface area contributed by atoms with Crippen LogP contribution in [0.3, 0.4) is 0 Å². The molecule has 0 radical (unpaired) electrons. The molecule has 2 bridgehead atoms. The van der Waals surface area contributed by atoms with Crippen LogP contribution in [0.1, 0.15) is 25.0 Å². The van der Waals surface area contributed by atoms with Gasteiger partial charge in [-0.2, -0.15) is 22.5 Å². The van der Waals surface area contributed by atoms with E-state index in [0.717, 1.165) is 31.6 Å². The van der Waals surface area contributed by atoms with E-state index in [1.807, 2.05) is 6.92 Å². The number of fused-ring (bicyclic) bond motifs is 3. The molecule has 3 aromatic rings. The van der Waals surface area contributed by atoms with E-state index in [0.29, 0.717) is 23.4 Å². The van der Waals surface area contributed by atoms with E-state index in [1.165, 1.54) is 15.7 Å². The molecule has 1 saturated carbocycles. The van der Waals surface area contributed by atoms with Crippen LogP contribution in [-0.2, 0) is 0 Å². The first-order valence-electron chi connectivity index (χ1n) is 10.2. The zero-order chi connectivity index (χ0) is 21.6. The second-order valence-electron chi connectivity index (χ2n) is 8.13. The van der Waals surface area contributed by atoms with Gasteiger partial charge in [-0.15, -0.1) is 5.10 Å². The highest BCUT2D eigenvalue weighted by atomic mass is 32.1. The predicted molar refractivity (Wildman–Crippen MR) is 110 cm³/mol. The Labute approximate surface area is 180 Å². The van der Waals surface area contributed by atoms with Gasteiger partial charge in [0.1, 0.15) is 5.00 Å². The van der Waals surface area contributed by atoms with E-state index in [9.17, 15) is 13.2 Å². The van der Waals surface area contributed by atoms with Crippen molar-refractivity contribution in [1.82, 2.24) is 24.0 Å². The number of rotatable bonds is 6. The molecule has 1 N–H and O–H groups in total. The number of ether oxygens (including phenoxy) is 1. The summed E-state index contributed by atoms with van der Waals surface area (Å²) in [5.74, 6) is 1.42. The number of hydrogen-bond donors (Lipinski definition) is 1. The number of aryl methyl sites for hydroxylation is 1. The molecule has 0 aromatic carbocycles. The third kappa shape index (κ3) is 4.25. The topological polar surface area (TPSA) is 80.5 Å². The summed E-state index contributed by atoms with van der Waals surface area (Å²) < 4.78 is 48.3. The second-order valence-corrected chi connectivity index (χ2v) is 8.91. The van der Waals surface area contributed by atoms with Crippen molar-refractivity contribution in [3.8, 4) is 5.88 Å². The number of alkyl halides is 3. The van der Waals surface area contributed by atoms with E-state index in [-0.39, 0.29) is 11.9 Å². The summed E-state index contributed by atoms with van der Waals surface area (Å²) >= 11 is 1.54. The minimum absolute atomic E-state index is 0.0469. The average Bonchev–Trinajstić information content (AvgIpc) is 3.37. The molecule has 4 heterocycles. The van der Waals surface area contributed by atoms with E-state index in [1.54, 1.807) is 17.7 Å². The van der Waals surface area contributed by atoms with Gasteiger partial charge in [0, 0.05) is 31.5 Å². The summed E-state index contributed by atoms with van der Waals surface area (Å²) in [6.07, 6.45) is -0.0105. The third-order valence-electron chi connectivity index (χ3n) is 5.90. The van der Waals surface area contributed by atoms with Crippen LogP contribution in [0.15, 0.2) is 18.5 Å². The molecule has 1 aliphatic heterocycles. The highest BCUT2D eigenvalue weighted by Crippen LogP contribution is 2.41. The largest absolute Gasteiger partial charge is 0.475 e. The maximum Gasteiger partial charge on any atom is 0.392 e. The lowest BCUT2D eigenvalue weighted by atomic mass is 9.92. The molecular formula is C19H22F3N7OS. The molecule has 8 nitrogen and oxygen atoms in total. The van der Waals surface area contributed by atoms with Gasteiger partial charge in [-0.3, -0.25) is 0 Å². The number of nitrogens with zero attached hydrogens (tertiary/aromatic N) is 6. The molecule has 31 heavy (non-hydrogen) atoms. The molecule has 166 valence electrons. The zero-order valence-corrected chi connectivity index (χ0v) is 17.7. The first kappa shape index (κ1) is 20.3. The Morgan fingerprint density at radius 1 is 1.26 bits per heavy atom. The van der Waals surface area contributed by atoms with Crippen molar-refractivity contribution >= 4 is 28.1 Å². The molecule has 5 rings (SSSR count). The van der Waals surface area contributed by atoms with Crippen LogP contribution >= 0.6 is 11.5 Å². The normalized spacial score (nSPS) is 23.5. The van der Waals surface area contributed by atoms with Gasteiger partial charge in [-0.25, -0.2) is 9.50 Å². The molecule has 12 heteroatoms. The fraction of sp³-hybridized carbons (Fsp3) is 0.579. The lowest BCUT2D eigenvalue weighted by Crippen LogP contribution is -2.48. The lowest BCUT2D eigenvalue weighted by Gasteiger charge is -2.38. The molecule has 2 fully saturated rings. The Bertz CT molecular complexity index is 1050. The first-order valence-corrected chi connectivity index (χ1v) is 11.0. The number of halogens is 3. The van der Waals surface area contributed by atoms with Gasteiger partial charge in [0.2, 0.25) is 11.6 Å². The van der Waals surface area contributed by atoms with Crippen molar-refractivity contribution in [1.29, 1.82) is 0 Å². The molecule has 2 unspecified atom stereocenters. The van der Waals surface area contributed by atoms with Crippen LogP contribution in [0.25, 0.3) is 5.65 Å². The third-order valence-corrected chi connectivity index (χ3v) is 6.85. The van der Waals surface area contributed by atoms with E-state index in [4.69, 9.17) is 4.74 Å². The summed E-state index contributed by atoms with van der Waals surface area (Å²) in [5.41, 5.74) is 1.35. The van der Waals surface area contributed by atoms with Gasteiger partial charge in [0.25, 0.3) is 5.88 Å². The number of hydrogen-bond acceptors (Lipinski definition) is 8. The van der Waals surface area contributed by atoms with Crippen molar-refractivity contribution < 1.29 is 17.9 Å². The molecule has 1 saturated heterocycles. The van der Waals surface area contributed by atoms with Gasteiger partial charge in [-0.05, 0) is 49.2 Å². The summed E-state index contributed by atoms with van der Waals surface area (Å²) in [6.45, 7) is 3.41. The maximum absolute atomic E-state index is 12.4. The second kappa shape index (κ2) is 7.81. The van der Waals surface area contributed by atoms with Crippen LogP contribution in [-0.4, -0.2) is 55.9 Å². The van der Waals surface area contributed by atoms with Crippen molar-refractivity contribution in [2.75, 3.05) is 29.9 Å². The first-order chi connectivity index (χ1) is 14.9. The minimum atomic E-state index is -4.28. The molecular weight excluding hydrogens is 431 g/mol. The number of nitrogens with one attached hydrogen (secondary N) is 1. The Hall–Kier alpha value is -2.63. The van der Waals surface area contributed by atoms with Crippen molar-refractivity contribution in [2.45, 2.75) is 38.4 Å². The summed E-state index contributed by atoms with van der Waals surface area (Å²) in [5, 5.41) is 9.12. The van der Waals surface area contributed by atoms with Gasteiger partial charge in [-0.1, -0.05) is 0 Å². The maximum atomic E-state index is 12.4. The highest BCUT2D eigenvalue weighted by molar-refractivity contribution is 7.10. The quantitative estimate of drug-likeness (QED) is 0.611. The fourth-order valence-corrected chi connectivity index (χ4v) is 5.29. The van der Waals surface area contributed by atoms with E-state index >= 15 is 0 Å². The molecule has 3 aromatic heterocycles. The molecule has 0 amide bonds. The van der Waals surface area contributed by atoms with Crippen LogP contribution in [0.4, 0.5) is 24.1 Å². The fourth-order valence-electron chi connectivity index (χ4n) is 4.51. The standard InChI is InChI=1S/C19H22F3N7OS/c1-11-8-14(31-27-11)28-9-12-2-3-13(10-28)15(12)24-18-25-16-17(23-5-6-29(16)26-18)30-7-4-19(20,21)22/h5-6,8,12-13,15H,2-4,7,9-10H2,1H3,(H,24,26)/t12-,13?,15?/m0/s1. The Morgan fingerprint density at radius 2 is 2.03 bits per heavy atom. The molecule has 0 spiro atoms. The summed E-state index contributed by atoms with van der Waals surface area (Å²) in [4.78, 5) is 10.9. The van der Waals surface area contributed by atoms with Gasteiger partial charge in [0.15, 0.2) is 0 Å². The highest BCUT2D eigenvalue weighted by Gasteiger charge is 2.43. The van der Waals surface area contributed by atoms with E-state index < -0.39 is 19.2 Å². The summed E-state index contributed by atoms with van der Waals surface area (Å²) in [6, 6.07) is 2.39. The van der Waals surface area contributed by atoms with Gasteiger partial charge in [0.05, 0.1) is 18.7 Å². The zero-order valence-electron chi connectivity index (χ0n) is 16.8. The summed E-state index contributed by atoms with van der Waals surface area (Å²) in [7, 11) is 0. The van der Waals surface area contributed by atoms with Crippen LogP contribution < -0.4 is 15.0 Å². The predicted octanol–water partition coefficient (Wildman–Crippen LogP) is 3.55. The number of anilines is 2. The van der Waals surface area contributed by atoms with Crippen LogP contribution in [0, 0.1) is 18.8 Å². The molecule has 1 aliphatic carbocycles. The Balaban J connectivity index is 1.28. The monoisotopic (exact) mass is 453 g/mol. The minimum Gasteiger partial charge on any atom is -0.475 e. The lowest BCUT2D eigenvalue weighted by molar-refractivity contribution is -0.139. The smallest absolute Gasteiger partial charge is 0.392 e. The number of aromatic nitrogens is 5. The van der Waals surface area contributed by atoms with Crippen LogP contribution in [0.5, 0.6) is 5.88 Å². The van der Waals surface area contributed by atoms with Gasteiger partial charge >= 0.3 is 6.18 Å². The van der Waals surface area contributed by atoms with Gasteiger partial charge < -0.3 is 15.0 Å². The molecule has 2 aliphatic rings. The average molecular weight is 453 g/mol. The van der Waals surface area contributed by atoms with Crippen molar-refractivity contribution in [3.05, 3.63) is 24.2 Å². The SMILES string of the molecule is Cc1cc(N2CC3CC[C@@H](C2)C3Nc2nc3c(OCCC(F)(F)F)nccn3n2)sn1.